The molecular weight excluding hydrogens is 614 g/mol. The average Bonchev–Trinajstić information content (AvgIpc) is 3.40. The lowest BCUT2D eigenvalue weighted by molar-refractivity contribution is 0.0467. The topological polar surface area (TPSA) is 90.7 Å². The van der Waals surface area contributed by atoms with E-state index in [2.05, 4.69) is 28.4 Å². The third-order valence-electron chi connectivity index (χ3n) is 9.59. The van der Waals surface area contributed by atoms with Gasteiger partial charge in [0.15, 0.2) is 0 Å². The summed E-state index contributed by atoms with van der Waals surface area (Å²) in [6.07, 6.45) is 4.86. The summed E-state index contributed by atoms with van der Waals surface area (Å²) in [6, 6.07) is 30.8. The van der Waals surface area contributed by atoms with Gasteiger partial charge >= 0.3 is 6.09 Å². The van der Waals surface area contributed by atoms with Crippen molar-refractivity contribution < 1.29 is 19.0 Å². The molecule has 1 saturated heterocycles. The predicted octanol–water partition coefficient (Wildman–Crippen LogP) is 8.21. The lowest BCUT2D eigenvalue weighted by Gasteiger charge is -2.56. The van der Waals surface area contributed by atoms with E-state index in [1.165, 1.54) is 12.1 Å². The van der Waals surface area contributed by atoms with E-state index in [0.717, 1.165) is 65.5 Å². The van der Waals surface area contributed by atoms with Gasteiger partial charge in [-0.05, 0) is 88.3 Å². The lowest BCUT2D eigenvalue weighted by Crippen LogP contribution is -2.62. The van der Waals surface area contributed by atoms with Crippen LogP contribution in [-0.2, 0) is 25.0 Å². The zero-order valence-electron chi connectivity index (χ0n) is 28.8. The summed E-state index contributed by atoms with van der Waals surface area (Å²) in [7, 11) is 1.99. The number of amides is 1. The number of carbonyl (C=O) groups is 1. The SMILES string of the molecule is Cn1nc(-c2ccc(OCc3ccccc3)nc2OCc2ccccc2)c2ccc(N3CCC(NC(=O)OC(C)(C)C)CC34CCC4)cc21. The average molecular weight is 660 g/mol. The summed E-state index contributed by atoms with van der Waals surface area (Å²) in [4.78, 5) is 20.0. The molecule has 9 heteroatoms. The molecule has 1 unspecified atom stereocenters. The van der Waals surface area contributed by atoms with Crippen molar-refractivity contribution in [1.82, 2.24) is 20.1 Å². The van der Waals surface area contributed by atoms with Crippen LogP contribution in [0.3, 0.4) is 0 Å². The Morgan fingerprint density at radius 2 is 1.61 bits per heavy atom. The van der Waals surface area contributed by atoms with Gasteiger partial charge in [0.05, 0.1) is 11.1 Å². The Bertz CT molecular complexity index is 1910. The third-order valence-corrected chi connectivity index (χ3v) is 9.59. The number of fused-ring (bicyclic) bond motifs is 1. The van der Waals surface area contributed by atoms with E-state index in [1.807, 2.05) is 105 Å². The van der Waals surface area contributed by atoms with Crippen molar-refractivity contribution in [1.29, 1.82) is 0 Å². The maximum atomic E-state index is 12.6. The Kier molecular flexibility index (Phi) is 8.92. The van der Waals surface area contributed by atoms with Crippen molar-refractivity contribution >= 4 is 22.7 Å². The van der Waals surface area contributed by atoms with E-state index in [-0.39, 0.29) is 17.7 Å². The normalized spacial score (nSPS) is 17.1. The van der Waals surface area contributed by atoms with Gasteiger partial charge < -0.3 is 24.4 Å². The Hall–Kier alpha value is -5.05. The number of hydrogen-bond donors (Lipinski definition) is 1. The van der Waals surface area contributed by atoms with E-state index in [9.17, 15) is 4.79 Å². The minimum Gasteiger partial charge on any atom is -0.473 e. The van der Waals surface area contributed by atoms with Gasteiger partial charge in [-0.3, -0.25) is 4.68 Å². The van der Waals surface area contributed by atoms with Crippen molar-refractivity contribution in [2.24, 2.45) is 7.05 Å². The van der Waals surface area contributed by atoms with Gasteiger partial charge in [0.2, 0.25) is 11.8 Å². The lowest BCUT2D eigenvalue weighted by atomic mass is 9.68. The highest BCUT2D eigenvalue weighted by atomic mass is 16.6. The number of pyridine rings is 1. The summed E-state index contributed by atoms with van der Waals surface area (Å²) in [5.41, 5.74) is 5.48. The molecule has 254 valence electrons. The molecule has 1 amide bonds. The number of carbonyl (C=O) groups excluding carboxylic acids is 1. The molecule has 49 heavy (non-hydrogen) atoms. The van der Waals surface area contributed by atoms with Gasteiger partial charge in [-0.2, -0.15) is 10.1 Å². The van der Waals surface area contributed by atoms with E-state index >= 15 is 0 Å². The fourth-order valence-electron chi connectivity index (χ4n) is 7.12. The number of alkyl carbamates (subject to hydrolysis) is 1. The Morgan fingerprint density at radius 1 is 0.918 bits per heavy atom. The zero-order chi connectivity index (χ0) is 34.0. The number of aromatic nitrogens is 3. The quantitative estimate of drug-likeness (QED) is 0.171. The molecule has 1 aliphatic heterocycles. The van der Waals surface area contributed by atoms with Gasteiger partial charge in [-0.25, -0.2) is 4.79 Å². The number of aryl methyl sites for hydroxylation is 1. The number of piperidine rings is 1. The fraction of sp³-hybridized carbons (Fsp3) is 0.375. The van der Waals surface area contributed by atoms with Crippen LogP contribution in [0.25, 0.3) is 22.2 Å². The van der Waals surface area contributed by atoms with Crippen molar-refractivity contribution in [3.63, 3.8) is 0 Å². The molecule has 1 atom stereocenters. The molecule has 9 nitrogen and oxygen atoms in total. The Morgan fingerprint density at radius 3 is 2.27 bits per heavy atom. The second kappa shape index (κ2) is 13.5. The van der Waals surface area contributed by atoms with Crippen LogP contribution >= 0.6 is 0 Å². The van der Waals surface area contributed by atoms with Crippen molar-refractivity contribution in [2.75, 3.05) is 11.4 Å². The molecular formula is C40H45N5O4. The molecule has 1 aliphatic carbocycles. The minimum atomic E-state index is -0.515. The number of benzene rings is 3. The highest BCUT2D eigenvalue weighted by Crippen LogP contribution is 2.47. The van der Waals surface area contributed by atoms with Crippen LogP contribution in [0, 0.1) is 0 Å². The molecule has 3 heterocycles. The van der Waals surface area contributed by atoms with Crippen LogP contribution < -0.4 is 19.7 Å². The molecule has 0 radical (unpaired) electrons. The molecule has 1 spiro atoms. The first kappa shape index (κ1) is 32.5. The Balaban J connectivity index is 1.15. The van der Waals surface area contributed by atoms with E-state index < -0.39 is 5.60 Å². The molecule has 1 saturated carbocycles. The van der Waals surface area contributed by atoms with Crippen LogP contribution in [0.4, 0.5) is 10.5 Å². The molecule has 2 aliphatic rings. The highest BCUT2D eigenvalue weighted by molar-refractivity contribution is 5.96. The highest BCUT2D eigenvalue weighted by Gasteiger charge is 2.47. The predicted molar refractivity (Wildman–Crippen MR) is 192 cm³/mol. The number of hydrogen-bond acceptors (Lipinski definition) is 7. The molecule has 0 bridgehead atoms. The monoisotopic (exact) mass is 659 g/mol. The second-order valence-corrected chi connectivity index (χ2v) is 14.3. The van der Waals surface area contributed by atoms with Gasteiger partial charge in [0.1, 0.15) is 24.5 Å². The van der Waals surface area contributed by atoms with E-state index in [4.69, 9.17) is 24.3 Å². The van der Waals surface area contributed by atoms with Crippen LogP contribution in [-0.4, -0.2) is 44.6 Å². The first-order valence-corrected chi connectivity index (χ1v) is 17.2. The van der Waals surface area contributed by atoms with Crippen molar-refractivity contribution in [3.05, 3.63) is 102 Å². The number of nitrogens with one attached hydrogen (secondary N) is 1. The van der Waals surface area contributed by atoms with Gasteiger partial charge in [0.25, 0.3) is 0 Å². The maximum absolute atomic E-state index is 12.6. The van der Waals surface area contributed by atoms with E-state index in [1.54, 1.807) is 0 Å². The fourth-order valence-corrected chi connectivity index (χ4v) is 7.12. The summed E-state index contributed by atoms with van der Waals surface area (Å²) >= 11 is 0. The third kappa shape index (κ3) is 7.21. The standard InChI is InChI=1S/C40H45N5O4/c1-39(2,3)49-38(46)41-30-20-23-45(40(25-30)21-11-22-40)31-16-17-32-34(24-31)44(4)43-36(32)33-18-19-35(47-26-28-12-7-5-8-13-28)42-37(33)48-27-29-14-9-6-10-15-29/h5-10,12-19,24,30H,11,20-23,25-27H2,1-4H3,(H,41,46). The number of ether oxygens (including phenoxy) is 3. The zero-order valence-corrected chi connectivity index (χ0v) is 28.8. The molecule has 1 N–H and O–H groups in total. The van der Waals surface area contributed by atoms with Gasteiger partial charge in [-0.1, -0.05) is 60.7 Å². The first-order chi connectivity index (χ1) is 23.7. The largest absolute Gasteiger partial charge is 0.473 e. The number of nitrogens with zero attached hydrogens (tertiary/aromatic N) is 4. The molecule has 2 fully saturated rings. The molecule has 3 aromatic carbocycles. The van der Waals surface area contributed by atoms with Crippen LogP contribution in [0.15, 0.2) is 91.0 Å². The summed E-state index contributed by atoms with van der Waals surface area (Å²) < 4.78 is 20.0. The first-order valence-electron chi connectivity index (χ1n) is 17.2. The van der Waals surface area contributed by atoms with Gasteiger partial charge in [-0.15, -0.1) is 0 Å². The molecule has 7 rings (SSSR count). The number of anilines is 1. The van der Waals surface area contributed by atoms with Crippen LogP contribution in [0.2, 0.25) is 0 Å². The smallest absolute Gasteiger partial charge is 0.407 e. The van der Waals surface area contributed by atoms with E-state index in [0.29, 0.717) is 25.0 Å². The maximum Gasteiger partial charge on any atom is 0.407 e. The van der Waals surface area contributed by atoms with Crippen molar-refractivity contribution in [2.45, 2.75) is 83.3 Å². The van der Waals surface area contributed by atoms with Crippen LogP contribution in [0.1, 0.15) is 64.0 Å². The minimum absolute atomic E-state index is 0.0327. The molecule has 5 aromatic rings. The number of rotatable bonds is 9. The summed E-state index contributed by atoms with van der Waals surface area (Å²) in [5, 5.41) is 9.18. The van der Waals surface area contributed by atoms with Gasteiger partial charge in [0, 0.05) is 42.3 Å². The molecule has 2 aromatic heterocycles. The second-order valence-electron chi connectivity index (χ2n) is 14.3. The Labute approximate surface area is 288 Å². The van der Waals surface area contributed by atoms with Crippen molar-refractivity contribution in [3.8, 4) is 23.0 Å². The summed E-state index contributed by atoms with van der Waals surface area (Å²) in [6.45, 7) is 7.34. The summed E-state index contributed by atoms with van der Waals surface area (Å²) in [5.74, 6) is 0.972. The van der Waals surface area contributed by atoms with Crippen LogP contribution in [0.5, 0.6) is 11.8 Å².